The molecule has 0 saturated carbocycles. The van der Waals surface area contributed by atoms with E-state index in [-0.39, 0.29) is 11.5 Å². The van der Waals surface area contributed by atoms with Gasteiger partial charge in [-0.2, -0.15) is 0 Å². The summed E-state index contributed by atoms with van der Waals surface area (Å²) in [4.78, 5) is 0.400. The van der Waals surface area contributed by atoms with E-state index in [1.807, 2.05) is 27.7 Å². The van der Waals surface area contributed by atoms with Crippen LogP contribution in [0.15, 0.2) is 47.4 Å². The van der Waals surface area contributed by atoms with Crippen molar-refractivity contribution in [2.75, 3.05) is 4.72 Å². The molecule has 132 valence electrons. The Labute approximate surface area is 151 Å². The van der Waals surface area contributed by atoms with E-state index in [1.54, 1.807) is 30.3 Å². The van der Waals surface area contributed by atoms with Gasteiger partial charge in [0.2, 0.25) is 0 Å². The molecule has 2 aromatic carbocycles. The minimum atomic E-state index is -0.618. The molecule has 1 fully saturated rings. The molecule has 1 saturated heterocycles. The van der Waals surface area contributed by atoms with Crippen molar-refractivity contribution in [3.8, 4) is 0 Å². The number of hydrogen-bond acceptors (Lipinski definition) is 4. The average Bonchev–Trinajstić information content (AvgIpc) is 2.75. The number of nitrogens with one attached hydrogen (secondary N) is 1. The van der Waals surface area contributed by atoms with Crippen LogP contribution in [-0.4, -0.2) is 18.3 Å². The van der Waals surface area contributed by atoms with E-state index >= 15 is 0 Å². The maximum Gasteiger partial charge on any atom is 0.494 e. The summed E-state index contributed by atoms with van der Waals surface area (Å²) in [6.07, 6.45) is 0. The fourth-order valence-electron chi connectivity index (χ4n) is 2.38. The van der Waals surface area contributed by atoms with E-state index in [1.165, 1.54) is 12.1 Å². The van der Waals surface area contributed by atoms with Crippen LogP contribution in [0.3, 0.4) is 0 Å². The van der Waals surface area contributed by atoms with E-state index in [4.69, 9.17) is 9.31 Å². The summed E-state index contributed by atoms with van der Waals surface area (Å²) in [7, 11) is -0.618. The summed E-state index contributed by atoms with van der Waals surface area (Å²) in [6, 6.07) is 11.1. The van der Waals surface area contributed by atoms with Gasteiger partial charge >= 0.3 is 7.12 Å². The minimum Gasteiger partial charge on any atom is -0.399 e. The largest absolute Gasteiger partial charge is 0.494 e. The molecule has 0 spiro atoms. The molecule has 0 radical (unpaired) electrons. The maximum absolute atomic E-state index is 14.4. The molecule has 1 aliphatic rings. The molecular weight excluding hydrogens is 343 g/mol. The molecule has 25 heavy (non-hydrogen) atoms. The Morgan fingerprint density at radius 2 is 1.56 bits per heavy atom. The lowest BCUT2D eigenvalue weighted by Gasteiger charge is -2.32. The molecule has 0 bridgehead atoms. The smallest absolute Gasteiger partial charge is 0.399 e. The second kappa shape index (κ2) is 6.63. The highest BCUT2D eigenvalue weighted by Gasteiger charge is 2.51. The van der Waals surface area contributed by atoms with Crippen LogP contribution < -0.4 is 10.2 Å². The Hall–Kier alpha value is -1.57. The first-order valence-electron chi connectivity index (χ1n) is 8.02. The fraction of sp³-hybridized carbons (Fsp3) is 0.333. The molecule has 0 aliphatic carbocycles. The predicted octanol–water partition coefficient (Wildman–Crippen LogP) is 4.38. The highest BCUT2D eigenvalue weighted by Crippen LogP contribution is 2.36. The highest BCUT2D eigenvalue weighted by atomic mass is 32.2. The second-order valence-electron chi connectivity index (χ2n) is 6.96. The molecule has 0 amide bonds. The third-order valence-corrected chi connectivity index (χ3v) is 5.50. The van der Waals surface area contributed by atoms with Crippen molar-refractivity contribution in [2.24, 2.45) is 0 Å². The first-order valence-corrected chi connectivity index (χ1v) is 8.84. The molecule has 3 nitrogen and oxygen atoms in total. The van der Waals surface area contributed by atoms with E-state index in [0.717, 1.165) is 11.9 Å². The molecule has 1 aliphatic heterocycles. The Morgan fingerprint density at radius 1 is 0.920 bits per heavy atom. The number of benzene rings is 2. The molecule has 1 heterocycles. The molecule has 2 aromatic rings. The predicted molar refractivity (Wildman–Crippen MR) is 98.0 cm³/mol. The summed E-state index contributed by atoms with van der Waals surface area (Å²) >= 11 is 1.02. The van der Waals surface area contributed by atoms with E-state index in [0.29, 0.717) is 10.4 Å². The first kappa shape index (κ1) is 18.2. The first-order chi connectivity index (χ1) is 11.7. The van der Waals surface area contributed by atoms with Crippen molar-refractivity contribution in [1.29, 1.82) is 0 Å². The Kier molecular flexibility index (Phi) is 4.83. The number of rotatable bonds is 4. The van der Waals surface area contributed by atoms with Gasteiger partial charge in [0.25, 0.3) is 0 Å². The van der Waals surface area contributed by atoms with Gasteiger partial charge in [-0.25, -0.2) is 8.78 Å². The van der Waals surface area contributed by atoms with Crippen LogP contribution in [0.2, 0.25) is 0 Å². The molecule has 0 aromatic heterocycles. The van der Waals surface area contributed by atoms with Gasteiger partial charge in [-0.3, -0.25) is 0 Å². The van der Waals surface area contributed by atoms with Gasteiger partial charge in [0, 0.05) is 0 Å². The van der Waals surface area contributed by atoms with Crippen molar-refractivity contribution < 1.29 is 18.1 Å². The van der Waals surface area contributed by atoms with Crippen LogP contribution in [0.1, 0.15) is 27.7 Å². The standard InChI is InChI=1S/C18H20BF2NO2S/c1-17(2)18(3,4)24-19(23-17)12-9-10-15(14(21)11-12)22-25-16-8-6-5-7-13(16)20/h5-11,22H,1-4H3. The molecule has 0 unspecified atom stereocenters. The van der Waals surface area contributed by atoms with E-state index in [2.05, 4.69) is 4.72 Å². The molecule has 7 heteroatoms. The normalized spacial score (nSPS) is 18.4. The van der Waals surface area contributed by atoms with Gasteiger partial charge in [0.1, 0.15) is 11.6 Å². The highest BCUT2D eigenvalue weighted by molar-refractivity contribution is 8.00. The summed E-state index contributed by atoms with van der Waals surface area (Å²) in [5, 5.41) is 0. The Bertz CT molecular complexity index is 769. The summed E-state index contributed by atoms with van der Waals surface area (Å²) < 4.78 is 42.7. The molecule has 1 N–H and O–H groups in total. The zero-order valence-electron chi connectivity index (χ0n) is 14.6. The summed E-state index contributed by atoms with van der Waals surface area (Å²) in [5.74, 6) is -0.801. The third-order valence-electron chi connectivity index (χ3n) is 4.63. The monoisotopic (exact) mass is 363 g/mol. The van der Waals surface area contributed by atoms with Crippen LogP contribution in [0.25, 0.3) is 0 Å². The van der Waals surface area contributed by atoms with Crippen LogP contribution in [0.4, 0.5) is 14.5 Å². The zero-order valence-corrected chi connectivity index (χ0v) is 15.4. The minimum absolute atomic E-state index is 0.272. The third kappa shape index (κ3) is 3.68. The van der Waals surface area contributed by atoms with Crippen LogP contribution >= 0.6 is 11.9 Å². The summed E-state index contributed by atoms with van der Waals surface area (Å²) in [6.45, 7) is 7.79. The summed E-state index contributed by atoms with van der Waals surface area (Å²) in [5.41, 5.74) is -0.0801. The van der Waals surface area contributed by atoms with E-state index in [9.17, 15) is 8.78 Å². The van der Waals surface area contributed by atoms with Crippen molar-refractivity contribution in [3.05, 3.63) is 54.1 Å². The van der Waals surface area contributed by atoms with Crippen LogP contribution in [-0.2, 0) is 9.31 Å². The van der Waals surface area contributed by atoms with Crippen molar-refractivity contribution in [2.45, 2.75) is 43.8 Å². The van der Waals surface area contributed by atoms with Crippen molar-refractivity contribution >= 4 is 30.2 Å². The maximum atomic E-state index is 14.4. The number of hydrogen-bond donors (Lipinski definition) is 1. The zero-order chi connectivity index (χ0) is 18.2. The fourth-order valence-corrected chi connectivity index (χ4v) is 3.07. The van der Waals surface area contributed by atoms with Gasteiger partial charge in [0.05, 0.1) is 21.8 Å². The van der Waals surface area contributed by atoms with E-state index < -0.39 is 24.1 Å². The topological polar surface area (TPSA) is 30.5 Å². The van der Waals surface area contributed by atoms with Crippen molar-refractivity contribution in [3.63, 3.8) is 0 Å². The van der Waals surface area contributed by atoms with Gasteiger partial charge in [0.15, 0.2) is 0 Å². The lowest BCUT2D eigenvalue weighted by Crippen LogP contribution is -2.41. The lowest BCUT2D eigenvalue weighted by atomic mass is 9.79. The SMILES string of the molecule is CC1(C)OB(c2ccc(NSc3ccccc3F)c(F)c2)OC1(C)C. The number of halogens is 2. The average molecular weight is 363 g/mol. The van der Waals surface area contributed by atoms with Crippen LogP contribution in [0, 0.1) is 11.6 Å². The Balaban J connectivity index is 1.73. The van der Waals surface area contributed by atoms with Gasteiger partial charge < -0.3 is 14.0 Å². The van der Waals surface area contributed by atoms with Crippen molar-refractivity contribution in [1.82, 2.24) is 0 Å². The van der Waals surface area contributed by atoms with Gasteiger partial charge in [-0.1, -0.05) is 18.2 Å². The van der Waals surface area contributed by atoms with Crippen LogP contribution in [0.5, 0.6) is 0 Å². The Morgan fingerprint density at radius 3 is 2.16 bits per heavy atom. The molecular formula is C18H20BF2NO2S. The van der Waals surface area contributed by atoms with Gasteiger partial charge in [-0.05, 0) is 69.4 Å². The quantitative estimate of drug-likeness (QED) is 0.645. The lowest BCUT2D eigenvalue weighted by molar-refractivity contribution is 0.00578. The molecule has 0 atom stereocenters. The molecule has 3 rings (SSSR count). The second-order valence-corrected chi connectivity index (χ2v) is 7.81. The van der Waals surface area contributed by atoms with Gasteiger partial charge in [-0.15, -0.1) is 0 Å². The number of anilines is 1.